The Bertz CT molecular complexity index is 1340. The molecule has 1 amide bonds. The van der Waals surface area contributed by atoms with Crippen LogP contribution in [0.3, 0.4) is 0 Å². The molecule has 1 heterocycles. The highest BCUT2D eigenvalue weighted by molar-refractivity contribution is 7.99. The summed E-state index contributed by atoms with van der Waals surface area (Å²) in [5.74, 6) is -1.76. The van der Waals surface area contributed by atoms with E-state index in [2.05, 4.69) is 15.5 Å². The number of halogens is 2. The number of rotatable bonds is 7. The number of carbonyl (C=O) groups is 2. The van der Waals surface area contributed by atoms with Crippen LogP contribution in [0.15, 0.2) is 78.0 Å². The van der Waals surface area contributed by atoms with Gasteiger partial charge in [0.1, 0.15) is 11.6 Å². The summed E-state index contributed by atoms with van der Waals surface area (Å²) in [5.41, 5.74) is 1.25. The number of hydrogen-bond acceptors (Lipinski definition) is 6. The van der Waals surface area contributed by atoms with Gasteiger partial charge in [-0.05, 0) is 48.5 Å². The molecule has 0 saturated heterocycles. The Kier molecular flexibility index (Phi) is 6.98. The van der Waals surface area contributed by atoms with E-state index in [4.69, 9.17) is 4.74 Å². The minimum absolute atomic E-state index is 0.0773. The molecule has 172 valence electrons. The third kappa shape index (κ3) is 4.96. The summed E-state index contributed by atoms with van der Waals surface area (Å²) >= 11 is 1.06. The van der Waals surface area contributed by atoms with Gasteiger partial charge in [-0.2, -0.15) is 0 Å². The maximum Gasteiger partial charge on any atom is 0.339 e. The Labute approximate surface area is 197 Å². The molecule has 0 saturated carbocycles. The quantitative estimate of drug-likeness (QED) is 0.304. The van der Waals surface area contributed by atoms with E-state index in [1.165, 1.54) is 37.4 Å². The van der Waals surface area contributed by atoms with Gasteiger partial charge in [0.2, 0.25) is 5.91 Å². The van der Waals surface area contributed by atoms with E-state index in [0.29, 0.717) is 16.5 Å². The van der Waals surface area contributed by atoms with Gasteiger partial charge < -0.3 is 10.1 Å². The number of methoxy groups -OCH3 is 1. The summed E-state index contributed by atoms with van der Waals surface area (Å²) in [4.78, 5) is 24.5. The van der Waals surface area contributed by atoms with E-state index in [1.807, 2.05) is 0 Å². The van der Waals surface area contributed by atoms with Crippen LogP contribution < -0.4 is 5.32 Å². The molecule has 4 rings (SSSR count). The molecular weight excluding hydrogens is 462 g/mol. The molecule has 4 aromatic rings. The number of thioether (sulfide) groups is 1. The lowest BCUT2D eigenvalue weighted by Gasteiger charge is -2.12. The smallest absolute Gasteiger partial charge is 0.339 e. The molecule has 0 fully saturated rings. The number of para-hydroxylation sites is 1. The topological polar surface area (TPSA) is 86.1 Å². The van der Waals surface area contributed by atoms with E-state index in [1.54, 1.807) is 47.0 Å². The van der Waals surface area contributed by atoms with Crippen LogP contribution in [-0.2, 0) is 9.53 Å². The molecule has 1 aromatic heterocycles. The van der Waals surface area contributed by atoms with Crippen molar-refractivity contribution in [2.75, 3.05) is 18.2 Å². The van der Waals surface area contributed by atoms with Crippen LogP contribution in [0.25, 0.3) is 17.1 Å². The zero-order valence-corrected chi connectivity index (χ0v) is 18.7. The Balaban J connectivity index is 1.61. The lowest BCUT2D eigenvalue weighted by Crippen LogP contribution is -2.17. The first kappa shape index (κ1) is 23.1. The summed E-state index contributed by atoms with van der Waals surface area (Å²) in [6, 6.07) is 18.1. The van der Waals surface area contributed by atoms with E-state index in [0.717, 1.165) is 11.8 Å². The van der Waals surface area contributed by atoms with Crippen molar-refractivity contribution in [3.05, 3.63) is 90.0 Å². The molecular formula is C24H18F2N4O3S. The number of nitrogens with zero attached hydrogens (tertiary/aromatic N) is 3. The second kappa shape index (κ2) is 10.3. The second-order valence-electron chi connectivity index (χ2n) is 6.97. The molecule has 0 aliphatic rings. The van der Waals surface area contributed by atoms with Crippen molar-refractivity contribution < 1.29 is 23.1 Å². The maximum atomic E-state index is 14.5. The van der Waals surface area contributed by atoms with Gasteiger partial charge in [-0.15, -0.1) is 10.2 Å². The van der Waals surface area contributed by atoms with Crippen LogP contribution in [0.5, 0.6) is 0 Å². The predicted molar refractivity (Wildman–Crippen MR) is 124 cm³/mol. The molecule has 3 aromatic carbocycles. The van der Waals surface area contributed by atoms with Crippen LogP contribution in [0, 0.1) is 11.6 Å². The standard InChI is InChI=1S/C24H18F2N4O3S/c1-33-23(32)18-7-3-5-9-20(18)27-21(31)14-34-24-29-28-22(17-6-2-4-8-19(17)26)30(24)16-12-10-15(25)11-13-16/h2-13H,14H2,1H3,(H,27,31). The first-order valence-corrected chi connectivity index (χ1v) is 11.0. The number of nitrogens with one attached hydrogen (secondary N) is 1. The highest BCUT2D eigenvalue weighted by Gasteiger charge is 2.20. The number of ether oxygens (including phenoxy) is 1. The number of anilines is 1. The van der Waals surface area contributed by atoms with Crippen molar-refractivity contribution in [1.82, 2.24) is 14.8 Å². The Hall–Kier alpha value is -4.05. The molecule has 1 N–H and O–H groups in total. The lowest BCUT2D eigenvalue weighted by molar-refractivity contribution is -0.113. The number of benzene rings is 3. The van der Waals surface area contributed by atoms with E-state index in [-0.39, 0.29) is 22.7 Å². The highest BCUT2D eigenvalue weighted by atomic mass is 32.2. The Morgan fingerprint density at radius 2 is 1.68 bits per heavy atom. The van der Waals surface area contributed by atoms with Gasteiger partial charge in [-0.25, -0.2) is 13.6 Å². The van der Waals surface area contributed by atoms with Crippen molar-refractivity contribution >= 4 is 29.3 Å². The highest BCUT2D eigenvalue weighted by Crippen LogP contribution is 2.29. The normalized spacial score (nSPS) is 10.7. The average molecular weight is 480 g/mol. The van der Waals surface area contributed by atoms with Crippen molar-refractivity contribution in [1.29, 1.82) is 0 Å². The molecule has 0 spiro atoms. The number of hydrogen-bond donors (Lipinski definition) is 1. The van der Waals surface area contributed by atoms with Crippen molar-refractivity contribution in [2.45, 2.75) is 5.16 Å². The second-order valence-corrected chi connectivity index (χ2v) is 7.91. The van der Waals surface area contributed by atoms with Gasteiger partial charge in [0.25, 0.3) is 0 Å². The maximum absolute atomic E-state index is 14.5. The van der Waals surface area contributed by atoms with Gasteiger partial charge in [0, 0.05) is 5.69 Å². The van der Waals surface area contributed by atoms with E-state index in [9.17, 15) is 18.4 Å². The van der Waals surface area contributed by atoms with Crippen LogP contribution in [0.1, 0.15) is 10.4 Å². The van der Waals surface area contributed by atoms with Crippen molar-refractivity contribution in [2.24, 2.45) is 0 Å². The first-order chi connectivity index (χ1) is 16.5. The molecule has 7 nitrogen and oxygen atoms in total. The molecule has 0 bridgehead atoms. The summed E-state index contributed by atoms with van der Waals surface area (Å²) in [7, 11) is 1.26. The Morgan fingerprint density at radius 3 is 2.41 bits per heavy atom. The molecule has 0 radical (unpaired) electrons. The summed E-state index contributed by atoms with van der Waals surface area (Å²) in [6.07, 6.45) is 0. The molecule has 0 unspecified atom stereocenters. The zero-order chi connectivity index (χ0) is 24.1. The van der Waals surface area contributed by atoms with E-state index >= 15 is 0 Å². The first-order valence-electron chi connectivity index (χ1n) is 10.0. The minimum atomic E-state index is -0.575. The fourth-order valence-corrected chi connectivity index (χ4v) is 3.95. The summed E-state index contributed by atoms with van der Waals surface area (Å²) in [5, 5.41) is 11.2. The minimum Gasteiger partial charge on any atom is -0.465 e. The number of amides is 1. The third-order valence-corrected chi connectivity index (χ3v) is 5.70. The zero-order valence-electron chi connectivity index (χ0n) is 17.9. The van der Waals surface area contributed by atoms with Crippen molar-refractivity contribution in [3.8, 4) is 17.1 Å². The van der Waals surface area contributed by atoms with Crippen LogP contribution in [0.4, 0.5) is 14.5 Å². The van der Waals surface area contributed by atoms with Gasteiger partial charge >= 0.3 is 5.97 Å². The largest absolute Gasteiger partial charge is 0.465 e. The molecule has 0 aliphatic heterocycles. The van der Waals surface area contributed by atoms with E-state index < -0.39 is 23.5 Å². The molecule has 0 atom stereocenters. The fraction of sp³-hybridized carbons (Fsp3) is 0.0833. The monoisotopic (exact) mass is 480 g/mol. The number of esters is 1. The molecule has 10 heteroatoms. The van der Waals surface area contributed by atoms with Crippen LogP contribution in [-0.4, -0.2) is 39.5 Å². The van der Waals surface area contributed by atoms with Gasteiger partial charge in [0.15, 0.2) is 11.0 Å². The average Bonchev–Trinajstić information content (AvgIpc) is 3.27. The van der Waals surface area contributed by atoms with Crippen LogP contribution in [0.2, 0.25) is 0 Å². The van der Waals surface area contributed by atoms with Gasteiger partial charge in [-0.1, -0.05) is 36.0 Å². The summed E-state index contributed by atoms with van der Waals surface area (Å²) in [6.45, 7) is 0. The summed E-state index contributed by atoms with van der Waals surface area (Å²) < 4.78 is 34.3. The number of carbonyl (C=O) groups excluding carboxylic acids is 2. The Morgan fingerprint density at radius 1 is 0.971 bits per heavy atom. The number of aromatic nitrogens is 3. The van der Waals surface area contributed by atoms with Gasteiger partial charge in [0.05, 0.1) is 29.7 Å². The van der Waals surface area contributed by atoms with Crippen LogP contribution >= 0.6 is 11.8 Å². The van der Waals surface area contributed by atoms with Gasteiger partial charge in [-0.3, -0.25) is 9.36 Å². The molecule has 34 heavy (non-hydrogen) atoms. The fourth-order valence-electron chi connectivity index (χ4n) is 3.20. The van der Waals surface area contributed by atoms with Crippen molar-refractivity contribution in [3.63, 3.8) is 0 Å². The SMILES string of the molecule is COC(=O)c1ccccc1NC(=O)CSc1nnc(-c2ccccc2F)n1-c1ccc(F)cc1. The third-order valence-electron chi connectivity index (χ3n) is 4.77. The molecule has 0 aliphatic carbocycles. The predicted octanol–water partition coefficient (Wildman–Crippen LogP) is 4.73. The lowest BCUT2D eigenvalue weighted by atomic mass is 10.2.